The minimum absolute atomic E-state index is 0.127. The fourth-order valence-electron chi connectivity index (χ4n) is 3.78. The molecule has 0 fully saturated rings. The van der Waals surface area contributed by atoms with E-state index in [0.29, 0.717) is 19.3 Å². The third-order valence-electron chi connectivity index (χ3n) is 5.59. The first-order valence-corrected chi connectivity index (χ1v) is 11.0. The summed E-state index contributed by atoms with van der Waals surface area (Å²) < 4.78 is 0. The number of rotatable bonds is 12. The highest BCUT2D eigenvalue weighted by Gasteiger charge is 2.24. The second-order valence-electron chi connectivity index (χ2n) is 8.06. The molecule has 5 N–H and O–H groups in total. The molecule has 3 rings (SSSR count). The van der Waals surface area contributed by atoms with E-state index in [2.05, 4.69) is 51.7 Å². The monoisotopic (exact) mass is 450 g/mol. The number of carbonyl (C=O) groups is 2. The molecule has 0 spiro atoms. The molecule has 0 aliphatic carbocycles. The van der Waals surface area contributed by atoms with Gasteiger partial charge in [0.2, 0.25) is 11.8 Å². The first kappa shape index (κ1) is 24.2. The fourth-order valence-corrected chi connectivity index (χ4v) is 3.78. The highest BCUT2D eigenvalue weighted by Crippen LogP contribution is 2.21. The van der Waals surface area contributed by atoms with E-state index in [-0.39, 0.29) is 18.9 Å². The first-order valence-electron chi connectivity index (χ1n) is 11.0. The Morgan fingerprint density at radius 1 is 1.03 bits per heavy atom. The first-order chi connectivity index (χ1) is 16.1. The molecule has 1 heterocycles. The maximum Gasteiger partial charge on any atom is 0.244 e. The lowest BCUT2D eigenvalue weighted by Gasteiger charge is -2.21. The minimum Gasteiger partial charge on any atom is -0.394 e. The van der Waals surface area contributed by atoms with Crippen LogP contribution in [0.25, 0.3) is 11.1 Å². The van der Waals surface area contributed by atoms with E-state index in [1.165, 1.54) is 6.33 Å². The number of nitrogens with zero attached hydrogens (tertiary/aromatic N) is 1. The molecule has 0 radical (unpaired) electrons. The van der Waals surface area contributed by atoms with Crippen LogP contribution >= 0.6 is 0 Å². The molecular formula is C25H30N4O4. The van der Waals surface area contributed by atoms with Crippen LogP contribution in [0, 0.1) is 5.92 Å². The van der Waals surface area contributed by atoms with Crippen molar-refractivity contribution >= 4 is 11.8 Å². The van der Waals surface area contributed by atoms with Crippen molar-refractivity contribution < 1.29 is 19.9 Å². The molecular weight excluding hydrogens is 420 g/mol. The van der Waals surface area contributed by atoms with E-state index in [4.69, 9.17) is 5.21 Å². The zero-order valence-corrected chi connectivity index (χ0v) is 18.4. The number of nitrogens with one attached hydrogen (secondary N) is 3. The molecule has 1 aromatic heterocycles. The number of aliphatic hydroxyl groups excluding tert-OH is 1. The van der Waals surface area contributed by atoms with Crippen molar-refractivity contribution in [2.45, 2.75) is 38.1 Å². The zero-order chi connectivity index (χ0) is 23.5. The SMILES string of the molecule is O=C(C[C@@H](CCCc1ccc(-c2ccccc2)cc1)C(=O)N[C@@H](CO)Cc1cnc[nH]1)NO. The van der Waals surface area contributed by atoms with Crippen molar-refractivity contribution in [1.29, 1.82) is 0 Å². The van der Waals surface area contributed by atoms with Gasteiger partial charge in [0.05, 0.1) is 19.0 Å². The third-order valence-corrected chi connectivity index (χ3v) is 5.59. The van der Waals surface area contributed by atoms with Gasteiger partial charge in [-0.2, -0.15) is 0 Å². The van der Waals surface area contributed by atoms with Gasteiger partial charge in [0.1, 0.15) is 0 Å². The minimum atomic E-state index is -0.614. The van der Waals surface area contributed by atoms with Crippen LogP contribution in [0.3, 0.4) is 0 Å². The number of carbonyl (C=O) groups excluding carboxylic acids is 2. The molecule has 2 atom stereocenters. The van der Waals surface area contributed by atoms with Crippen LogP contribution in [0.4, 0.5) is 0 Å². The summed E-state index contributed by atoms with van der Waals surface area (Å²) in [5.41, 5.74) is 5.84. The normalized spacial score (nSPS) is 12.7. The molecule has 0 aliphatic rings. The largest absolute Gasteiger partial charge is 0.394 e. The molecule has 33 heavy (non-hydrogen) atoms. The lowest BCUT2D eigenvalue weighted by atomic mass is 9.94. The van der Waals surface area contributed by atoms with Gasteiger partial charge in [-0.05, 0) is 36.0 Å². The number of imidazole rings is 1. The van der Waals surface area contributed by atoms with E-state index < -0.39 is 17.9 Å². The number of hydrogen-bond donors (Lipinski definition) is 5. The van der Waals surface area contributed by atoms with Gasteiger partial charge in [-0.1, -0.05) is 54.6 Å². The number of benzene rings is 2. The van der Waals surface area contributed by atoms with Gasteiger partial charge in [0.25, 0.3) is 0 Å². The Bertz CT molecular complexity index is 991. The number of aromatic nitrogens is 2. The Labute approximate surface area is 193 Å². The van der Waals surface area contributed by atoms with Gasteiger partial charge in [-0.15, -0.1) is 0 Å². The lowest BCUT2D eigenvalue weighted by Crippen LogP contribution is -2.43. The van der Waals surface area contributed by atoms with Gasteiger partial charge < -0.3 is 15.4 Å². The second-order valence-corrected chi connectivity index (χ2v) is 8.06. The summed E-state index contributed by atoms with van der Waals surface area (Å²) in [6, 6.07) is 17.9. The van der Waals surface area contributed by atoms with E-state index in [1.54, 1.807) is 11.7 Å². The van der Waals surface area contributed by atoms with Crippen molar-refractivity contribution in [3.63, 3.8) is 0 Å². The quantitative estimate of drug-likeness (QED) is 0.214. The number of aliphatic hydroxyl groups is 1. The molecule has 0 saturated carbocycles. The molecule has 2 aromatic carbocycles. The smallest absolute Gasteiger partial charge is 0.244 e. The van der Waals surface area contributed by atoms with Crippen molar-refractivity contribution in [1.82, 2.24) is 20.8 Å². The predicted octanol–water partition coefficient (Wildman–Crippen LogP) is 2.63. The summed E-state index contributed by atoms with van der Waals surface area (Å²) in [5, 5.41) is 21.4. The summed E-state index contributed by atoms with van der Waals surface area (Å²) in [7, 11) is 0. The Kier molecular flexibility index (Phi) is 9.17. The highest BCUT2D eigenvalue weighted by atomic mass is 16.5. The van der Waals surface area contributed by atoms with Crippen molar-refractivity contribution in [3.05, 3.63) is 78.4 Å². The van der Waals surface area contributed by atoms with Gasteiger partial charge >= 0.3 is 0 Å². The van der Waals surface area contributed by atoms with Gasteiger partial charge in [0.15, 0.2) is 0 Å². The Morgan fingerprint density at radius 3 is 2.39 bits per heavy atom. The number of amides is 2. The average Bonchev–Trinajstić information content (AvgIpc) is 3.37. The van der Waals surface area contributed by atoms with Crippen LogP contribution in [-0.4, -0.2) is 44.7 Å². The summed E-state index contributed by atoms with van der Waals surface area (Å²) in [4.78, 5) is 31.4. The van der Waals surface area contributed by atoms with E-state index in [0.717, 1.165) is 28.8 Å². The number of H-pyrrole nitrogens is 1. The molecule has 174 valence electrons. The van der Waals surface area contributed by atoms with Gasteiger partial charge in [-0.3, -0.25) is 14.8 Å². The van der Waals surface area contributed by atoms with Crippen LogP contribution in [-0.2, 0) is 22.4 Å². The Hall–Kier alpha value is -3.49. The number of aromatic amines is 1. The van der Waals surface area contributed by atoms with Gasteiger partial charge in [-0.25, -0.2) is 10.5 Å². The number of aryl methyl sites for hydroxylation is 1. The van der Waals surface area contributed by atoms with Crippen LogP contribution in [0.5, 0.6) is 0 Å². The molecule has 0 unspecified atom stereocenters. The van der Waals surface area contributed by atoms with E-state index in [9.17, 15) is 14.7 Å². The summed E-state index contributed by atoms with van der Waals surface area (Å²) in [5.74, 6) is -1.55. The van der Waals surface area contributed by atoms with E-state index in [1.807, 2.05) is 18.2 Å². The topological polar surface area (TPSA) is 127 Å². The van der Waals surface area contributed by atoms with Crippen LogP contribution in [0.15, 0.2) is 67.1 Å². The molecule has 8 heteroatoms. The molecule has 8 nitrogen and oxygen atoms in total. The molecule has 2 amide bonds. The van der Waals surface area contributed by atoms with Crippen LogP contribution in [0.2, 0.25) is 0 Å². The highest BCUT2D eigenvalue weighted by molar-refractivity contribution is 5.85. The average molecular weight is 451 g/mol. The summed E-state index contributed by atoms with van der Waals surface area (Å²) >= 11 is 0. The Balaban J connectivity index is 1.55. The molecule has 3 aromatic rings. The van der Waals surface area contributed by atoms with Crippen molar-refractivity contribution in [2.24, 2.45) is 5.92 Å². The number of hydrogen-bond acceptors (Lipinski definition) is 5. The molecule has 0 bridgehead atoms. The Morgan fingerprint density at radius 2 is 1.76 bits per heavy atom. The fraction of sp³-hybridized carbons (Fsp3) is 0.320. The van der Waals surface area contributed by atoms with E-state index >= 15 is 0 Å². The van der Waals surface area contributed by atoms with Gasteiger partial charge in [0, 0.05) is 30.7 Å². The third kappa shape index (κ3) is 7.55. The summed E-state index contributed by atoms with van der Waals surface area (Å²) in [6.07, 6.45) is 5.37. The molecule has 0 saturated heterocycles. The number of hydroxylamine groups is 1. The lowest BCUT2D eigenvalue weighted by molar-refractivity contribution is -0.135. The predicted molar refractivity (Wildman–Crippen MR) is 124 cm³/mol. The second kappa shape index (κ2) is 12.5. The van der Waals surface area contributed by atoms with Crippen molar-refractivity contribution in [3.8, 4) is 11.1 Å². The maximum atomic E-state index is 12.8. The van der Waals surface area contributed by atoms with Crippen LogP contribution in [0.1, 0.15) is 30.5 Å². The standard InChI is InChI=1S/C25H30N4O4/c30-16-23(14-22-15-26-17-27-22)28-25(32)21(13-24(31)29-33)8-4-5-18-9-11-20(12-10-18)19-6-2-1-3-7-19/h1-3,6-7,9-12,15,17,21,23,30,33H,4-5,8,13-14,16H2,(H,26,27)(H,28,32)(H,29,31)/t21-,23-/m1/s1. The van der Waals surface area contributed by atoms with Crippen LogP contribution < -0.4 is 10.8 Å². The zero-order valence-electron chi connectivity index (χ0n) is 18.4. The summed E-state index contributed by atoms with van der Waals surface area (Å²) in [6.45, 7) is -0.239. The van der Waals surface area contributed by atoms with Crippen molar-refractivity contribution in [2.75, 3.05) is 6.61 Å². The maximum absolute atomic E-state index is 12.8. The molecule has 0 aliphatic heterocycles.